The van der Waals surface area contributed by atoms with Gasteiger partial charge in [-0.3, -0.25) is 0 Å². The van der Waals surface area contributed by atoms with E-state index in [1.807, 2.05) is 27.0 Å². The molecule has 0 spiro atoms. The first-order chi connectivity index (χ1) is 9.02. The van der Waals surface area contributed by atoms with E-state index in [-0.39, 0.29) is 5.82 Å². The van der Waals surface area contributed by atoms with Gasteiger partial charge in [-0.05, 0) is 49.7 Å². The molecule has 1 heterocycles. The Balaban J connectivity index is 2.52. The molecule has 0 saturated carbocycles. The van der Waals surface area contributed by atoms with Crippen LogP contribution in [0, 0.1) is 31.0 Å². The number of aromatic nitrogens is 1. The van der Waals surface area contributed by atoms with Gasteiger partial charge in [-0.1, -0.05) is 0 Å². The monoisotopic (exact) mass is 255 g/mol. The van der Waals surface area contributed by atoms with Crippen LogP contribution in [0.2, 0.25) is 0 Å². The number of nitrogens with zero attached hydrogens (tertiary/aromatic N) is 3. The zero-order valence-corrected chi connectivity index (χ0v) is 11.1. The van der Waals surface area contributed by atoms with Crippen molar-refractivity contribution in [1.29, 1.82) is 5.26 Å². The molecule has 2 rings (SSSR count). The Morgan fingerprint density at radius 2 is 1.84 bits per heavy atom. The van der Waals surface area contributed by atoms with Crippen molar-refractivity contribution < 1.29 is 4.39 Å². The Morgan fingerprint density at radius 1 is 1.21 bits per heavy atom. The van der Waals surface area contributed by atoms with Crippen LogP contribution in [-0.2, 0) is 0 Å². The number of rotatable bonds is 2. The topological polar surface area (TPSA) is 39.9 Å². The highest BCUT2D eigenvalue weighted by Crippen LogP contribution is 2.27. The highest BCUT2D eigenvalue weighted by atomic mass is 19.1. The van der Waals surface area contributed by atoms with Crippen molar-refractivity contribution in [1.82, 2.24) is 4.98 Å². The molecule has 1 aromatic carbocycles. The molecular formula is C15H14FN3. The second-order valence-electron chi connectivity index (χ2n) is 4.43. The van der Waals surface area contributed by atoms with Crippen molar-refractivity contribution >= 4 is 11.5 Å². The molecule has 4 heteroatoms. The molecule has 0 bridgehead atoms. The fourth-order valence-electron chi connectivity index (χ4n) is 1.98. The van der Waals surface area contributed by atoms with E-state index in [1.165, 1.54) is 12.1 Å². The number of aryl methyl sites for hydroxylation is 2. The van der Waals surface area contributed by atoms with Crippen LogP contribution in [0.4, 0.5) is 15.9 Å². The van der Waals surface area contributed by atoms with Crippen molar-refractivity contribution in [2.24, 2.45) is 0 Å². The van der Waals surface area contributed by atoms with Gasteiger partial charge in [0, 0.05) is 18.4 Å². The molecule has 0 radical (unpaired) electrons. The SMILES string of the molecule is Cc1cc(C)c(C#N)c(N(C)c2ccc(F)cc2)n1. The van der Waals surface area contributed by atoms with Gasteiger partial charge in [0.1, 0.15) is 11.9 Å². The van der Waals surface area contributed by atoms with E-state index >= 15 is 0 Å². The molecule has 0 aliphatic heterocycles. The predicted octanol–water partition coefficient (Wildman–Crippen LogP) is 3.48. The second-order valence-corrected chi connectivity index (χ2v) is 4.43. The molecule has 96 valence electrons. The first-order valence-corrected chi connectivity index (χ1v) is 5.90. The summed E-state index contributed by atoms with van der Waals surface area (Å²) >= 11 is 0. The summed E-state index contributed by atoms with van der Waals surface area (Å²) in [5.74, 6) is 0.303. The van der Waals surface area contributed by atoms with Crippen LogP contribution in [0.3, 0.4) is 0 Å². The average Bonchev–Trinajstić information content (AvgIpc) is 2.38. The first-order valence-electron chi connectivity index (χ1n) is 5.90. The van der Waals surface area contributed by atoms with E-state index in [0.717, 1.165) is 16.9 Å². The smallest absolute Gasteiger partial charge is 0.151 e. The van der Waals surface area contributed by atoms with Crippen molar-refractivity contribution in [3.8, 4) is 6.07 Å². The largest absolute Gasteiger partial charge is 0.328 e. The van der Waals surface area contributed by atoms with E-state index in [9.17, 15) is 9.65 Å². The molecule has 0 amide bonds. The van der Waals surface area contributed by atoms with Crippen molar-refractivity contribution in [3.05, 3.63) is 53.0 Å². The van der Waals surface area contributed by atoms with Crippen LogP contribution in [0.25, 0.3) is 0 Å². The molecule has 1 aromatic heterocycles. The summed E-state index contributed by atoms with van der Waals surface area (Å²) in [6.07, 6.45) is 0. The highest BCUT2D eigenvalue weighted by Gasteiger charge is 2.14. The van der Waals surface area contributed by atoms with Crippen LogP contribution in [0.15, 0.2) is 30.3 Å². The van der Waals surface area contributed by atoms with Gasteiger partial charge >= 0.3 is 0 Å². The standard InChI is InChI=1S/C15H14FN3/c1-10-8-11(2)18-15(14(10)9-17)19(3)13-6-4-12(16)5-7-13/h4-8H,1-3H3. The number of halogens is 1. The van der Waals surface area contributed by atoms with Gasteiger partial charge in [-0.2, -0.15) is 5.26 Å². The third-order valence-corrected chi connectivity index (χ3v) is 2.97. The molecule has 0 N–H and O–H groups in total. The number of hydrogen-bond donors (Lipinski definition) is 0. The summed E-state index contributed by atoms with van der Waals surface area (Å²) < 4.78 is 12.9. The van der Waals surface area contributed by atoms with Crippen molar-refractivity contribution in [3.63, 3.8) is 0 Å². The normalized spacial score (nSPS) is 10.1. The van der Waals surface area contributed by atoms with Gasteiger partial charge < -0.3 is 4.90 Å². The minimum absolute atomic E-state index is 0.286. The molecule has 19 heavy (non-hydrogen) atoms. The van der Waals surface area contributed by atoms with Gasteiger partial charge in [0.25, 0.3) is 0 Å². The molecule has 0 fully saturated rings. The third-order valence-electron chi connectivity index (χ3n) is 2.97. The average molecular weight is 255 g/mol. The lowest BCUT2D eigenvalue weighted by Crippen LogP contribution is -2.14. The predicted molar refractivity (Wildman–Crippen MR) is 72.9 cm³/mol. The van der Waals surface area contributed by atoms with Crippen molar-refractivity contribution in [2.75, 3.05) is 11.9 Å². The molecule has 2 aromatic rings. The minimum atomic E-state index is -0.286. The van der Waals surface area contributed by atoms with E-state index in [2.05, 4.69) is 11.1 Å². The van der Waals surface area contributed by atoms with Crippen LogP contribution >= 0.6 is 0 Å². The Bertz CT molecular complexity index is 642. The molecule has 0 saturated heterocycles. The number of pyridine rings is 1. The lowest BCUT2D eigenvalue weighted by molar-refractivity contribution is 0.628. The lowest BCUT2D eigenvalue weighted by Gasteiger charge is -2.20. The maximum absolute atomic E-state index is 12.9. The molecular weight excluding hydrogens is 241 g/mol. The summed E-state index contributed by atoms with van der Waals surface area (Å²) in [4.78, 5) is 6.20. The maximum Gasteiger partial charge on any atom is 0.151 e. The van der Waals surface area contributed by atoms with Crippen LogP contribution in [0.5, 0.6) is 0 Å². The maximum atomic E-state index is 12.9. The van der Waals surface area contributed by atoms with Crippen LogP contribution < -0.4 is 4.90 Å². The number of anilines is 2. The molecule has 0 aliphatic carbocycles. The van der Waals surface area contributed by atoms with Crippen LogP contribution in [0.1, 0.15) is 16.8 Å². The summed E-state index contributed by atoms with van der Waals surface area (Å²) in [5, 5.41) is 9.25. The zero-order valence-electron chi connectivity index (χ0n) is 11.1. The van der Waals surface area contributed by atoms with E-state index in [0.29, 0.717) is 11.4 Å². The number of benzene rings is 1. The van der Waals surface area contributed by atoms with Gasteiger partial charge in [-0.25, -0.2) is 9.37 Å². The zero-order chi connectivity index (χ0) is 14.0. The highest BCUT2D eigenvalue weighted by molar-refractivity contribution is 5.66. The molecule has 0 unspecified atom stereocenters. The molecule has 0 aliphatic rings. The third kappa shape index (κ3) is 2.55. The van der Waals surface area contributed by atoms with Crippen molar-refractivity contribution in [2.45, 2.75) is 13.8 Å². The Morgan fingerprint density at radius 3 is 2.42 bits per heavy atom. The van der Waals surface area contributed by atoms with Gasteiger partial charge in [0.05, 0.1) is 5.56 Å². The van der Waals surface area contributed by atoms with Crippen LogP contribution in [-0.4, -0.2) is 12.0 Å². The van der Waals surface area contributed by atoms with Gasteiger partial charge in [0.15, 0.2) is 5.82 Å². The molecule has 3 nitrogen and oxygen atoms in total. The fraction of sp³-hybridized carbons (Fsp3) is 0.200. The minimum Gasteiger partial charge on any atom is -0.328 e. The lowest BCUT2D eigenvalue weighted by atomic mass is 10.1. The fourth-order valence-corrected chi connectivity index (χ4v) is 1.98. The number of nitriles is 1. The van der Waals surface area contributed by atoms with E-state index < -0.39 is 0 Å². The Hall–Kier alpha value is -2.41. The summed E-state index contributed by atoms with van der Waals surface area (Å²) in [7, 11) is 1.81. The first kappa shape index (κ1) is 13.0. The summed E-state index contributed by atoms with van der Waals surface area (Å²) in [6, 6.07) is 10.2. The van der Waals surface area contributed by atoms with Gasteiger partial charge in [0.2, 0.25) is 0 Å². The Kier molecular flexibility index (Phi) is 3.48. The summed E-state index contributed by atoms with van der Waals surface area (Å²) in [6.45, 7) is 3.77. The van der Waals surface area contributed by atoms with E-state index in [1.54, 1.807) is 17.0 Å². The second kappa shape index (κ2) is 5.07. The summed E-state index contributed by atoms with van der Waals surface area (Å²) in [5.41, 5.74) is 3.06. The quantitative estimate of drug-likeness (QED) is 0.824. The molecule has 0 atom stereocenters. The van der Waals surface area contributed by atoms with Gasteiger partial charge in [-0.15, -0.1) is 0 Å². The number of hydrogen-bond acceptors (Lipinski definition) is 3. The Labute approximate surface area is 111 Å². The van der Waals surface area contributed by atoms with E-state index in [4.69, 9.17) is 0 Å².